The number of aliphatic hydroxyl groups is 8. The van der Waals surface area contributed by atoms with Gasteiger partial charge in [-0.2, -0.15) is 0 Å². The summed E-state index contributed by atoms with van der Waals surface area (Å²) in [6, 6.07) is 0. The number of ether oxygens (including phenoxy) is 5. The Hall–Kier alpha value is -0.520. The van der Waals surface area contributed by atoms with Gasteiger partial charge < -0.3 is 64.5 Å². The molecule has 0 aliphatic carbocycles. The SMILES string of the molecule is CC1OC[C@H](O[C@@H]2O[C@H](CO)[C@@H](O)[C@H](O)[C@H]2O)[C@H](O)[C@H]1O[C@@H]1O[C@@H](C)[C@H](O)[C@@H](O)[C@H]1O. The average Bonchev–Trinajstić information content (AvgIpc) is 2.75. The van der Waals surface area contributed by atoms with Crippen LogP contribution >= 0.6 is 0 Å². The molecule has 3 saturated heterocycles. The summed E-state index contributed by atoms with van der Waals surface area (Å²) in [6.45, 7) is 2.31. The largest absolute Gasteiger partial charge is 0.394 e. The summed E-state index contributed by atoms with van der Waals surface area (Å²) in [7, 11) is 0. The van der Waals surface area contributed by atoms with E-state index >= 15 is 0 Å². The molecule has 0 bridgehead atoms. The van der Waals surface area contributed by atoms with E-state index in [-0.39, 0.29) is 6.61 Å². The first kappa shape index (κ1) is 25.1. The lowest BCUT2D eigenvalue weighted by molar-refractivity contribution is -0.351. The summed E-state index contributed by atoms with van der Waals surface area (Å²) in [5, 5.41) is 79.9. The van der Waals surface area contributed by atoms with E-state index in [1.54, 1.807) is 6.92 Å². The first-order valence-electron chi connectivity index (χ1n) is 10.2. The fourth-order valence-electron chi connectivity index (χ4n) is 3.87. The van der Waals surface area contributed by atoms with Crippen LogP contribution < -0.4 is 0 Å². The molecule has 0 aromatic heterocycles. The second-order valence-corrected chi connectivity index (χ2v) is 8.18. The molecule has 0 radical (unpaired) electrons. The van der Waals surface area contributed by atoms with Crippen LogP contribution in [0, 0.1) is 0 Å². The maximum absolute atomic E-state index is 10.8. The van der Waals surface area contributed by atoms with E-state index in [1.807, 2.05) is 0 Å². The van der Waals surface area contributed by atoms with Crippen LogP contribution in [-0.2, 0) is 23.7 Å². The molecule has 3 heterocycles. The summed E-state index contributed by atoms with van der Waals surface area (Å²) >= 11 is 0. The Balaban J connectivity index is 1.66. The van der Waals surface area contributed by atoms with Crippen molar-refractivity contribution in [3.63, 3.8) is 0 Å². The van der Waals surface area contributed by atoms with Gasteiger partial charge >= 0.3 is 0 Å². The second kappa shape index (κ2) is 10.2. The van der Waals surface area contributed by atoms with Crippen molar-refractivity contribution in [1.29, 1.82) is 0 Å². The van der Waals surface area contributed by atoms with Crippen LogP contribution in [0.1, 0.15) is 13.8 Å². The van der Waals surface area contributed by atoms with E-state index in [1.165, 1.54) is 6.92 Å². The minimum atomic E-state index is -1.66. The third kappa shape index (κ3) is 5.04. The van der Waals surface area contributed by atoms with E-state index in [0.29, 0.717) is 0 Å². The highest BCUT2D eigenvalue weighted by atomic mass is 16.7. The molecule has 8 N–H and O–H groups in total. The predicted octanol–water partition coefficient (Wildman–Crippen LogP) is -4.84. The second-order valence-electron chi connectivity index (χ2n) is 8.18. The number of rotatable bonds is 5. The van der Waals surface area contributed by atoms with Gasteiger partial charge in [-0.15, -0.1) is 0 Å². The van der Waals surface area contributed by atoms with Crippen molar-refractivity contribution in [2.45, 2.75) is 99.7 Å². The predicted molar refractivity (Wildman–Crippen MR) is 97.3 cm³/mol. The molecule has 31 heavy (non-hydrogen) atoms. The van der Waals surface area contributed by atoms with Crippen LogP contribution in [0.2, 0.25) is 0 Å². The molecular formula is C18H32O13. The smallest absolute Gasteiger partial charge is 0.187 e. The van der Waals surface area contributed by atoms with Crippen LogP contribution in [0.3, 0.4) is 0 Å². The lowest BCUT2D eigenvalue weighted by Crippen LogP contribution is -2.63. The highest BCUT2D eigenvalue weighted by Gasteiger charge is 2.50. The number of aliphatic hydroxyl groups excluding tert-OH is 8. The lowest BCUT2D eigenvalue weighted by Gasteiger charge is -2.46. The molecule has 3 aliphatic rings. The van der Waals surface area contributed by atoms with Gasteiger partial charge in [-0.25, -0.2) is 0 Å². The van der Waals surface area contributed by atoms with Crippen molar-refractivity contribution in [1.82, 2.24) is 0 Å². The molecule has 182 valence electrons. The number of hydrogen-bond acceptors (Lipinski definition) is 13. The van der Waals surface area contributed by atoms with Crippen molar-refractivity contribution in [2.24, 2.45) is 0 Å². The quantitative estimate of drug-likeness (QED) is 0.195. The van der Waals surface area contributed by atoms with Crippen molar-refractivity contribution >= 4 is 0 Å². The molecule has 0 aromatic carbocycles. The molecule has 14 atom stereocenters. The summed E-state index contributed by atoms with van der Waals surface area (Å²) in [5.41, 5.74) is 0. The van der Waals surface area contributed by atoms with E-state index in [2.05, 4.69) is 0 Å². The van der Waals surface area contributed by atoms with Gasteiger partial charge in [-0.1, -0.05) is 0 Å². The van der Waals surface area contributed by atoms with Gasteiger partial charge in [0, 0.05) is 0 Å². The summed E-state index contributed by atoms with van der Waals surface area (Å²) < 4.78 is 27.4. The van der Waals surface area contributed by atoms with Crippen LogP contribution in [-0.4, -0.2) is 140 Å². The van der Waals surface area contributed by atoms with Gasteiger partial charge in [0.2, 0.25) is 0 Å². The molecule has 13 nitrogen and oxygen atoms in total. The van der Waals surface area contributed by atoms with E-state index in [9.17, 15) is 40.9 Å². The van der Waals surface area contributed by atoms with Gasteiger partial charge in [0.05, 0.1) is 25.4 Å². The maximum atomic E-state index is 10.8. The Labute approximate surface area is 178 Å². The minimum absolute atomic E-state index is 0.136. The van der Waals surface area contributed by atoms with Gasteiger partial charge in [0.25, 0.3) is 0 Å². The molecule has 3 rings (SSSR count). The van der Waals surface area contributed by atoms with Gasteiger partial charge in [-0.3, -0.25) is 0 Å². The van der Waals surface area contributed by atoms with Crippen molar-refractivity contribution in [3.8, 4) is 0 Å². The van der Waals surface area contributed by atoms with Gasteiger partial charge in [0.15, 0.2) is 12.6 Å². The molecule has 1 unspecified atom stereocenters. The average molecular weight is 456 g/mol. The van der Waals surface area contributed by atoms with Crippen LogP contribution in [0.15, 0.2) is 0 Å². The zero-order valence-electron chi connectivity index (χ0n) is 17.1. The van der Waals surface area contributed by atoms with E-state index in [4.69, 9.17) is 23.7 Å². The standard InChI is InChI=1S/C18H32O13/c1-5-9(20)12(23)14(25)17(28-5)31-16-6(2)27-4-8(11(16)22)30-18-15(26)13(24)10(21)7(3-19)29-18/h5-26H,3-4H2,1-2H3/t5-,6?,7+,8-,9-,10+,11-,12+,13-,14+,15+,16-,17-,18-/m0/s1. The summed E-state index contributed by atoms with van der Waals surface area (Å²) in [6.07, 6.45) is -18.4. The normalized spacial score (nSPS) is 54.0. The third-order valence-corrected chi connectivity index (χ3v) is 5.96. The van der Waals surface area contributed by atoms with Crippen molar-refractivity contribution < 1.29 is 64.5 Å². The molecule has 0 amide bonds. The van der Waals surface area contributed by atoms with E-state index in [0.717, 1.165) is 0 Å². The number of hydrogen-bond donors (Lipinski definition) is 8. The first-order valence-corrected chi connectivity index (χ1v) is 10.2. The zero-order valence-corrected chi connectivity index (χ0v) is 17.1. The Kier molecular flexibility index (Phi) is 8.24. The van der Waals surface area contributed by atoms with Crippen molar-refractivity contribution in [2.75, 3.05) is 13.2 Å². The Morgan fingerprint density at radius 2 is 1.26 bits per heavy atom. The molecule has 0 spiro atoms. The Morgan fingerprint density at radius 1 is 0.677 bits per heavy atom. The first-order chi connectivity index (χ1) is 14.6. The molecule has 3 aliphatic heterocycles. The molecule has 0 aromatic rings. The maximum Gasteiger partial charge on any atom is 0.187 e. The van der Waals surface area contributed by atoms with Crippen molar-refractivity contribution in [3.05, 3.63) is 0 Å². The molecular weight excluding hydrogens is 424 g/mol. The molecule has 3 fully saturated rings. The highest BCUT2D eigenvalue weighted by Crippen LogP contribution is 2.30. The topological polar surface area (TPSA) is 208 Å². The Morgan fingerprint density at radius 3 is 1.87 bits per heavy atom. The van der Waals surface area contributed by atoms with Crippen LogP contribution in [0.5, 0.6) is 0 Å². The monoisotopic (exact) mass is 456 g/mol. The van der Waals surface area contributed by atoms with Crippen LogP contribution in [0.4, 0.5) is 0 Å². The summed E-state index contributed by atoms with van der Waals surface area (Å²) in [5.74, 6) is 0. The molecule has 0 saturated carbocycles. The van der Waals surface area contributed by atoms with Gasteiger partial charge in [-0.05, 0) is 13.8 Å². The third-order valence-electron chi connectivity index (χ3n) is 5.96. The minimum Gasteiger partial charge on any atom is -0.394 e. The lowest BCUT2D eigenvalue weighted by atomic mass is 9.97. The fraction of sp³-hybridized carbons (Fsp3) is 1.00. The van der Waals surface area contributed by atoms with Gasteiger partial charge in [0.1, 0.15) is 61.0 Å². The van der Waals surface area contributed by atoms with E-state index < -0.39 is 92.4 Å². The fourth-order valence-corrected chi connectivity index (χ4v) is 3.87. The summed E-state index contributed by atoms with van der Waals surface area (Å²) in [4.78, 5) is 0. The van der Waals surface area contributed by atoms with Crippen LogP contribution in [0.25, 0.3) is 0 Å². The highest BCUT2D eigenvalue weighted by molar-refractivity contribution is 4.93. The zero-order chi connectivity index (χ0) is 23.0. The molecule has 13 heteroatoms. The Bertz CT molecular complexity index is 579.